The van der Waals surface area contributed by atoms with E-state index in [1.807, 2.05) is 0 Å². The van der Waals surface area contributed by atoms with E-state index in [0.29, 0.717) is 0 Å². The largest absolute Gasteiger partial charge is 0.311 e. The molecule has 9 aromatic carbocycles. The Morgan fingerprint density at radius 2 is 0.759 bits per heavy atom. The molecule has 0 aromatic heterocycles. The number of fused-ring (bicyclic) bond motifs is 2. The molecule has 254 valence electrons. The summed E-state index contributed by atoms with van der Waals surface area (Å²) in [5, 5.41) is 2.60. The highest BCUT2D eigenvalue weighted by Gasteiger charge is 2.44. The first-order chi connectivity index (χ1) is 26.8. The number of anilines is 3. The summed E-state index contributed by atoms with van der Waals surface area (Å²) in [6, 6.07) is 81.9. The molecule has 0 saturated heterocycles. The SMILES string of the molecule is c1ccc(-c2ccc(N(c3ccccc3)c3ccc(-c4cccc(C5(c6ccccc6)c6ccccc6-c6cccc7cccc5c67)c4)cc3)cc2)cc1. The summed E-state index contributed by atoms with van der Waals surface area (Å²) in [6.07, 6.45) is 0. The molecular weight excluding hydrogens is 651 g/mol. The molecule has 1 atom stereocenters. The van der Waals surface area contributed by atoms with E-state index in [-0.39, 0.29) is 0 Å². The molecule has 0 spiro atoms. The summed E-state index contributed by atoms with van der Waals surface area (Å²) >= 11 is 0. The van der Waals surface area contributed by atoms with Gasteiger partial charge in [-0.1, -0.05) is 182 Å². The van der Waals surface area contributed by atoms with Gasteiger partial charge in [-0.3, -0.25) is 0 Å². The van der Waals surface area contributed by atoms with Gasteiger partial charge in [0.25, 0.3) is 0 Å². The zero-order valence-electron chi connectivity index (χ0n) is 29.8. The van der Waals surface area contributed by atoms with Gasteiger partial charge in [0.1, 0.15) is 0 Å². The lowest BCUT2D eigenvalue weighted by molar-refractivity contribution is 0.750. The average Bonchev–Trinajstić information content (AvgIpc) is 3.26. The molecule has 0 fully saturated rings. The van der Waals surface area contributed by atoms with Gasteiger partial charge < -0.3 is 4.90 Å². The zero-order chi connectivity index (χ0) is 35.9. The fourth-order valence-corrected chi connectivity index (χ4v) is 8.74. The number of benzene rings is 9. The van der Waals surface area contributed by atoms with Crippen molar-refractivity contribution in [3.05, 3.63) is 247 Å². The lowest BCUT2D eigenvalue weighted by Gasteiger charge is -2.42. The normalized spacial score (nSPS) is 14.4. The van der Waals surface area contributed by atoms with Crippen molar-refractivity contribution in [2.45, 2.75) is 5.41 Å². The van der Waals surface area contributed by atoms with Gasteiger partial charge in [0.15, 0.2) is 0 Å². The lowest BCUT2D eigenvalue weighted by atomic mass is 9.59. The highest BCUT2D eigenvalue weighted by Crippen LogP contribution is 2.55. The Morgan fingerprint density at radius 3 is 1.46 bits per heavy atom. The predicted molar refractivity (Wildman–Crippen MR) is 227 cm³/mol. The standard InChI is InChI=1S/C53H37N/c1-4-15-38(16-5-1)39-29-33-46(34-30-39)54(45-23-8-3-9-24-45)47-35-31-40(32-36-47)42-19-12-22-44(37-42)53(43-20-6-2-7-21-43)50-27-11-10-25-48(50)49-26-13-17-41-18-14-28-51(53)52(41)49/h1-37H. The molecule has 9 aromatic rings. The molecule has 0 radical (unpaired) electrons. The molecule has 1 aliphatic rings. The first-order valence-electron chi connectivity index (χ1n) is 18.7. The van der Waals surface area contributed by atoms with Gasteiger partial charge in [-0.25, -0.2) is 0 Å². The Labute approximate surface area is 317 Å². The third-order valence-corrected chi connectivity index (χ3v) is 11.1. The first kappa shape index (κ1) is 31.7. The maximum atomic E-state index is 2.42. The van der Waals surface area contributed by atoms with Crippen molar-refractivity contribution in [1.82, 2.24) is 0 Å². The molecule has 1 aliphatic carbocycles. The summed E-state index contributed by atoms with van der Waals surface area (Å²) < 4.78 is 0. The zero-order valence-corrected chi connectivity index (χ0v) is 29.8. The van der Waals surface area contributed by atoms with Crippen LogP contribution < -0.4 is 4.90 Å². The van der Waals surface area contributed by atoms with Gasteiger partial charge >= 0.3 is 0 Å². The number of hydrogen-bond acceptors (Lipinski definition) is 1. The first-order valence-corrected chi connectivity index (χ1v) is 18.7. The van der Waals surface area contributed by atoms with Crippen LogP contribution in [0.15, 0.2) is 224 Å². The summed E-state index contributed by atoms with van der Waals surface area (Å²) in [5.74, 6) is 0. The van der Waals surface area contributed by atoms with Gasteiger partial charge in [-0.2, -0.15) is 0 Å². The van der Waals surface area contributed by atoms with E-state index < -0.39 is 5.41 Å². The Morgan fingerprint density at radius 1 is 0.296 bits per heavy atom. The van der Waals surface area contributed by atoms with Crippen LogP contribution >= 0.6 is 0 Å². The van der Waals surface area contributed by atoms with Crippen molar-refractivity contribution in [3.8, 4) is 33.4 Å². The number of para-hydroxylation sites is 1. The van der Waals surface area contributed by atoms with Crippen molar-refractivity contribution in [2.24, 2.45) is 0 Å². The molecular formula is C53H37N. The van der Waals surface area contributed by atoms with Gasteiger partial charge in [0.05, 0.1) is 5.41 Å². The predicted octanol–water partition coefficient (Wildman–Crippen LogP) is 14.0. The Bertz CT molecular complexity index is 2730. The van der Waals surface area contributed by atoms with Crippen molar-refractivity contribution in [3.63, 3.8) is 0 Å². The number of hydrogen-bond donors (Lipinski definition) is 0. The summed E-state index contributed by atoms with van der Waals surface area (Å²) in [4.78, 5) is 2.33. The minimum absolute atomic E-state index is 0.502. The maximum absolute atomic E-state index is 2.42. The number of nitrogens with zero attached hydrogens (tertiary/aromatic N) is 1. The van der Waals surface area contributed by atoms with Gasteiger partial charge in [-0.05, 0) is 109 Å². The van der Waals surface area contributed by atoms with Crippen LogP contribution in [0.2, 0.25) is 0 Å². The van der Waals surface area contributed by atoms with Crippen molar-refractivity contribution in [1.29, 1.82) is 0 Å². The molecule has 0 bridgehead atoms. The van der Waals surface area contributed by atoms with E-state index in [4.69, 9.17) is 0 Å². The molecule has 10 rings (SSSR count). The molecule has 0 aliphatic heterocycles. The molecule has 1 unspecified atom stereocenters. The Hall–Kier alpha value is -6.96. The molecule has 54 heavy (non-hydrogen) atoms. The fourth-order valence-electron chi connectivity index (χ4n) is 8.74. The third kappa shape index (κ3) is 5.17. The van der Waals surface area contributed by atoms with E-state index >= 15 is 0 Å². The van der Waals surface area contributed by atoms with Crippen LogP contribution in [0.1, 0.15) is 22.3 Å². The summed E-state index contributed by atoms with van der Waals surface area (Å²) in [6.45, 7) is 0. The lowest BCUT2D eigenvalue weighted by Crippen LogP contribution is -2.33. The van der Waals surface area contributed by atoms with Crippen molar-refractivity contribution < 1.29 is 0 Å². The quantitative estimate of drug-likeness (QED) is 0.161. The summed E-state index contributed by atoms with van der Waals surface area (Å²) in [5.41, 5.74) is 15.4. The number of rotatable bonds is 7. The van der Waals surface area contributed by atoms with Crippen LogP contribution in [0.25, 0.3) is 44.2 Å². The maximum Gasteiger partial charge on any atom is 0.0713 e. The van der Waals surface area contributed by atoms with E-state index in [1.165, 1.54) is 66.4 Å². The van der Waals surface area contributed by atoms with E-state index in [2.05, 4.69) is 229 Å². The second-order valence-corrected chi connectivity index (χ2v) is 14.1. The van der Waals surface area contributed by atoms with Crippen LogP contribution in [-0.2, 0) is 5.41 Å². The highest BCUT2D eigenvalue weighted by molar-refractivity contribution is 6.05. The topological polar surface area (TPSA) is 3.24 Å². The second-order valence-electron chi connectivity index (χ2n) is 14.1. The van der Waals surface area contributed by atoms with Crippen molar-refractivity contribution in [2.75, 3.05) is 4.90 Å². The summed E-state index contributed by atoms with van der Waals surface area (Å²) in [7, 11) is 0. The van der Waals surface area contributed by atoms with Crippen LogP contribution in [-0.4, -0.2) is 0 Å². The third-order valence-electron chi connectivity index (χ3n) is 11.1. The van der Waals surface area contributed by atoms with E-state index in [0.717, 1.165) is 17.1 Å². The average molecular weight is 688 g/mol. The smallest absolute Gasteiger partial charge is 0.0713 e. The molecule has 0 amide bonds. The Kier molecular flexibility index (Phi) is 7.78. The molecule has 1 nitrogen and oxygen atoms in total. The second kappa shape index (κ2) is 13.2. The fraction of sp³-hybridized carbons (Fsp3) is 0.0189. The van der Waals surface area contributed by atoms with E-state index in [1.54, 1.807) is 0 Å². The molecule has 0 saturated carbocycles. The van der Waals surface area contributed by atoms with Crippen LogP contribution in [0, 0.1) is 0 Å². The minimum Gasteiger partial charge on any atom is -0.311 e. The van der Waals surface area contributed by atoms with Crippen LogP contribution in [0.3, 0.4) is 0 Å². The van der Waals surface area contributed by atoms with E-state index in [9.17, 15) is 0 Å². The Balaban J connectivity index is 1.10. The van der Waals surface area contributed by atoms with Gasteiger partial charge in [0.2, 0.25) is 0 Å². The molecule has 0 N–H and O–H groups in total. The van der Waals surface area contributed by atoms with Crippen LogP contribution in [0.4, 0.5) is 17.1 Å². The van der Waals surface area contributed by atoms with Gasteiger partial charge in [-0.15, -0.1) is 0 Å². The van der Waals surface area contributed by atoms with Crippen molar-refractivity contribution >= 4 is 27.8 Å². The minimum atomic E-state index is -0.502. The highest BCUT2D eigenvalue weighted by atomic mass is 15.1. The van der Waals surface area contributed by atoms with Gasteiger partial charge in [0, 0.05) is 17.1 Å². The van der Waals surface area contributed by atoms with Crippen LogP contribution in [0.5, 0.6) is 0 Å². The monoisotopic (exact) mass is 687 g/mol. The molecule has 0 heterocycles. The molecule has 1 heteroatoms.